The molecule has 2 aromatic rings. The van der Waals surface area contributed by atoms with E-state index in [1.807, 2.05) is 0 Å². The van der Waals surface area contributed by atoms with Gasteiger partial charge in [-0.1, -0.05) is 0 Å². The topological polar surface area (TPSA) is 295 Å². The number of nitrogens with zero attached hydrogens (tertiary/aromatic N) is 7. The molecule has 218 valence electrons. The average molecular weight is 556 g/mol. The van der Waals surface area contributed by atoms with Crippen molar-refractivity contribution in [1.82, 2.24) is 39.6 Å². The molecule has 0 radical (unpaired) electrons. The van der Waals surface area contributed by atoms with Crippen molar-refractivity contribution in [2.45, 2.75) is 38.5 Å². The maximum absolute atomic E-state index is 11.4. The Morgan fingerprint density at radius 3 is 1.65 bits per heavy atom. The second-order valence-electron chi connectivity index (χ2n) is 7.82. The van der Waals surface area contributed by atoms with Crippen LogP contribution in [0.15, 0.2) is 18.2 Å². The lowest BCUT2D eigenvalue weighted by atomic mass is 10.1. The van der Waals surface area contributed by atoms with Crippen molar-refractivity contribution >= 4 is 47.3 Å². The maximum Gasteiger partial charge on any atom is 0.300 e. The van der Waals surface area contributed by atoms with Crippen LogP contribution in [0.25, 0.3) is 0 Å². The number of nitrogens with one attached hydrogen (secondary N) is 2. The Bertz CT molecular complexity index is 987. The van der Waals surface area contributed by atoms with Gasteiger partial charge >= 0.3 is 5.69 Å². The van der Waals surface area contributed by atoms with Gasteiger partial charge in [0.2, 0.25) is 17.8 Å². The fraction of sp³-hybridized carbons (Fsp3) is 0.526. The third-order valence-electron chi connectivity index (χ3n) is 5.59. The summed E-state index contributed by atoms with van der Waals surface area (Å²) in [6, 6.07) is 3.39. The number of halogens is 1. The van der Waals surface area contributed by atoms with Crippen molar-refractivity contribution in [3.63, 3.8) is 0 Å². The molecule has 18 heteroatoms. The molecule has 37 heavy (non-hydrogen) atoms. The molecular weight excluding hydrogens is 510 g/mol. The molecule has 2 aliphatic rings. The summed E-state index contributed by atoms with van der Waals surface area (Å²) in [6.07, 6.45) is 6.64. The van der Waals surface area contributed by atoms with E-state index >= 15 is 0 Å². The molecule has 0 unspecified atom stereocenters. The molecule has 4 rings (SSSR count). The van der Waals surface area contributed by atoms with E-state index in [2.05, 4.69) is 30.6 Å². The summed E-state index contributed by atoms with van der Waals surface area (Å²) in [4.78, 5) is 39.0. The number of nitro groups is 2. The second kappa shape index (κ2) is 16.2. The molecule has 0 aliphatic carbocycles. The summed E-state index contributed by atoms with van der Waals surface area (Å²) in [5.41, 5.74) is 4.84. The fourth-order valence-corrected chi connectivity index (χ4v) is 3.89. The molecule has 14 N–H and O–H groups in total. The minimum atomic E-state index is -0.678. The van der Waals surface area contributed by atoms with Gasteiger partial charge in [-0.3, -0.25) is 31.1 Å². The minimum Gasteiger partial charge on any atom is -0.344 e. The zero-order valence-corrected chi connectivity index (χ0v) is 21.6. The number of non-ortho nitro benzene ring substituents is 1. The Labute approximate surface area is 226 Å². The number of hydrogen-bond donors (Lipinski definition) is 6. The van der Waals surface area contributed by atoms with Crippen LogP contribution in [0.2, 0.25) is 0 Å². The van der Waals surface area contributed by atoms with Crippen LogP contribution < -0.4 is 45.3 Å². The molecule has 3 heterocycles. The standard InChI is InChI=1S/C19H25N9O4.ClH.4H3N.4H2/c29-27(30)14-7-8-15(16(13-14)28(31)32)23-24-17-20-18(25-9-3-1-4-10-25)22-19(21-17)26-11-5-2-6-12-26;;;;;;;;;/h7-8,13,23H,1-6,9-12H2,(H,20,21,22,24);1H;4*1H3;4*1H. The Balaban J connectivity index is -0.000000340. The second-order valence-corrected chi connectivity index (χ2v) is 7.82. The first-order chi connectivity index (χ1) is 15.5. The van der Waals surface area contributed by atoms with Crippen molar-refractivity contribution in [3.05, 3.63) is 38.4 Å². The van der Waals surface area contributed by atoms with Gasteiger partial charge in [0.25, 0.3) is 5.69 Å². The fourth-order valence-electron chi connectivity index (χ4n) is 3.89. The summed E-state index contributed by atoms with van der Waals surface area (Å²) < 4.78 is 0. The molecule has 0 spiro atoms. The number of piperidine rings is 2. The number of hydrogen-bond acceptors (Lipinski definition) is 15. The lowest BCUT2D eigenvalue weighted by Crippen LogP contribution is -2.34. The zero-order chi connectivity index (χ0) is 22.5. The van der Waals surface area contributed by atoms with Crippen LogP contribution in [0.4, 0.5) is 34.9 Å². The van der Waals surface area contributed by atoms with Gasteiger partial charge < -0.3 is 34.4 Å². The van der Waals surface area contributed by atoms with Gasteiger partial charge in [0.1, 0.15) is 5.69 Å². The predicted octanol–water partition coefficient (Wildman–Crippen LogP) is 5.16. The van der Waals surface area contributed by atoms with E-state index in [-0.39, 0.29) is 60.0 Å². The molecule has 0 atom stereocenters. The molecular formula is C19H46ClN13O4. The summed E-state index contributed by atoms with van der Waals surface area (Å²) in [5, 5.41) is 22.3. The first-order valence-electron chi connectivity index (χ1n) is 10.7. The number of benzene rings is 1. The Kier molecular flexibility index (Phi) is 15.5. The number of aromatic nitrogens is 3. The van der Waals surface area contributed by atoms with E-state index in [1.165, 1.54) is 25.0 Å². The van der Waals surface area contributed by atoms with Crippen molar-refractivity contribution in [3.8, 4) is 0 Å². The van der Waals surface area contributed by atoms with Crippen LogP contribution in [0.5, 0.6) is 0 Å². The van der Waals surface area contributed by atoms with Gasteiger partial charge in [-0.15, -0.1) is 12.4 Å². The molecule has 1 aromatic heterocycles. The van der Waals surface area contributed by atoms with Gasteiger partial charge in [0.05, 0.1) is 15.9 Å². The van der Waals surface area contributed by atoms with Gasteiger partial charge in [0.15, 0.2) is 0 Å². The summed E-state index contributed by atoms with van der Waals surface area (Å²) in [7, 11) is 0. The highest BCUT2D eigenvalue weighted by Gasteiger charge is 2.22. The van der Waals surface area contributed by atoms with Gasteiger partial charge in [-0.05, 0) is 44.6 Å². The van der Waals surface area contributed by atoms with Crippen LogP contribution in [-0.2, 0) is 0 Å². The zero-order valence-electron chi connectivity index (χ0n) is 20.8. The summed E-state index contributed by atoms with van der Waals surface area (Å²) >= 11 is 0. The normalized spacial score (nSPS) is 14.3. The highest BCUT2D eigenvalue weighted by molar-refractivity contribution is 5.85. The SMILES string of the molecule is Cl.N.N.N.N.O=[N+]([O-])c1ccc(NNc2nc(N3CCCCC3)nc(N3CCCCC3)n2)c([N+](=O)[O-])c1.[HH].[HH].[HH].[HH]. The van der Waals surface area contributed by atoms with Crippen molar-refractivity contribution < 1.29 is 15.6 Å². The van der Waals surface area contributed by atoms with Crippen LogP contribution in [-0.4, -0.2) is 51.0 Å². The van der Waals surface area contributed by atoms with Crippen molar-refractivity contribution in [2.75, 3.05) is 46.8 Å². The minimum absolute atomic E-state index is 0. The van der Waals surface area contributed by atoms with Gasteiger partial charge in [0, 0.05) is 38.0 Å². The van der Waals surface area contributed by atoms with E-state index in [9.17, 15) is 20.2 Å². The molecule has 0 saturated carbocycles. The van der Waals surface area contributed by atoms with Gasteiger partial charge in [-0.25, -0.2) is 0 Å². The number of rotatable bonds is 7. The average Bonchev–Trinajstić information content (AvgIpc) is 2.83. The third-order valence-corrected chi connectivity index (χ3v) is 5.59. The van der Waals surface area contributed by atoms with Crippen molar-refractivity contribution in [1.29, 1.82) is 0 Å². The monoisotopic (exact) mass is 555 g/mol. The smallest absolute Gasteiger partial charge is 0.300 e. The van der Waals surface area contributed by atoms with Crippen LogP contribution in [0.1, 0.15) is 44.2 Å². The molecule has 0 bridgehead atoms. The van der Waals surface area contributed by atoms with Crippen LogP contribution in [0, 0.1) is 20.2 Å². The van der Waals surface area contributed by atoms with Gasteiger partial charge in [-0.2, -0.15) is 15.0 Å². The van der Waals surface area contributed by atoms with E-state index in [0.29, 0.717) is 11.9 Å². The molecule has 2 saturated heterocycles. The molecule has 2 aliphatic heterocycles. The van der Waals surface area contributed by atoms with Crippen LogP contribution in [0.3, 0.4) is 0 Å². The van der Waals surface area contributed by atoms with E-state index < -0.39 is 15.5 Å². The predicted molar refractivity (Wildman–Crippen MR) is 155 cm³/mol. The molecule has 2 fully saturated rings. The summed E-state index contributed by atoms with van der Waals surface area (Å²) in [5.74, 6) is 1.37. The Hall–Kier alpha value is -3.64. The van der Waals surface area contributed by atoms with E-state index in [4.69, 9.17) is 4.98 Å². The molecule has 1 aromatic carbocycles. The maximum atomic E-state index is 11.4. The Morgan fingerprint density at radius 2 is 1.22 bits per heavy atom. The largest absolute Gasteiger partial charge is 0.344 e. The summed E-state index contributed by atoms with van der Waals surface area (Å²) in [6.45, 7) is 3.46. The van der Waals surface area contributed by atoms with Crippen LogP contribution >= 0.6 is 12.4 Å². The lowest BCUT2D eigenvalue weighted by Gasteiger charge is -2.30. The molecule has 0 amide bonds. The van der Waals surface area contributed by atoms with Crippen molar-refractivity contribution in [2.24, 2.45) is 0 Å². The highest BCUT2D eigenvalue weighted by atomic mass is 35.5. The first-order valence-corrected chi connectivity index (χ1v) is 10.7. The first kappa shape index (κ1) is 35.5. The van der Waals surface area contributed by atoms with E-state index in [0.717, 1.165) is 57.9 Å². The number of anilines is 4. The quantitative estimate of drug-likeness (QED) is 0.189. The third kappa shape index (κ3) is 8.76. The Morgan fingerprint density at radius 1 is 0.730 bits per heavy atom. The van der Waals surface area contributed by atoms with E-state index in [1.54, 1.807) is 0 Å². The lowest BCUT2D eigenvalue weighted by molar-refractivity contribution is -0.393. The highest BCUT2D eigenvalue weighted by Crippen LogP contribution is 2.29. The molecule has 17 nitrogen and oxygen atoms in total. The number of nitro benzene ring substituents is 2. The number of hydrazine groups is 1.